The summed E-state index contributed by atoms with van der Waals surface area (Å²) in [5.41, 5.74) is 7.78. The molecule has 4 aromatic rings. The van der Waals surface area contributed by atoms with E-state index < -0.39 is 11.7 Å². The normalized spacial score (nSPS) is 13.3. The molecule has 1 fully saturated rings. The first kappa shape index (κ1) is 36.9. The van der Waals surface area contributed by atoms with Crippen molar-refractivity contribution >= 4 is 51.7 Å². The summed E-state index contributed by atoms with van der Waals surface area (Å²) in [6.45, 7) is 6.10. The number of rotatable bonds is 16. The molecule has 3 amide bonds. The van der Waals surface area contributed by atoms with Crippen molar-refractivity contribution in [1.29, 1.82) is 0 Å². The zero-order valence-electron chi connectivity index (χ0n) is 28.5. The molecule has 1 aromatic carbocycles. The third kappa shape index (κ3) is 9.24. The maximum absolute atomic E-state index is 13.6. The molecular formula is C34H41N9O7S. The Morgan fingerprint density at radius 1 is 1.00 bits per heavy atom. The molecule has 4 heterocycles. The van der Waals surface area contributed by atoms with Crippen molar-refractivity contribution in [1.82, 2.24) is 35.4 Å². The van der Waals surface area contributed by atoms with Gasteiger partial charge in [-0.2, -0.15) is 0 Å². The summed E-state index contributed by atoms with van der Waals surface area (Å²) < 4.78 is 16.1. The fourth-order valence-electron chi connectivity index (χ4n) is 5.36. The number of nitrogens with one attached hydrogen (secondary N) is 3. The number of guanidine groups is 1. The largest absolute Gasteiger partial charge is 0.494 e. The van der Waals surface area contributed by atoms with Gasteiger partial charge in [-0.05, 0) is 19.1 Å². The molecule has 0 atom stereocenters. The number of hydrogen-bond acceptors (Lipinski definition) is 11. The molecule has 51 heavy (non-hydrogen) atoms. The highest BCUT2D eigenvalue weighted by Gasteiger charge is 2.31. The Bertz CT molecular complexity index is 1850. The van der Waals surface area contributed by atoms with Gasteiger partial charge < -0.3 is 45.4 Å². The summed E-state index contributed by atoms with van der Waals surface area (Å²) in [6, 6.07) is 8.93. The Kier molecular flexibility index (Phi) is 13.0. The number of methoxy groups -OCH3 is 1. The highest BCUT2D eigenvalue weighted by Crippen LogP contribution is 2.35. The maximum atomic E-state index is 13.6. The molecule has 1 saturated heterocycles. The standard InChI is InChI=1S/C34H41N9O7S/c1-3-49-17-18-50-16-11-38-34(35)37-10-9-36-30(45)31-41-24(21-51-31)27-28-26(25(48-2)20-40-27)23(19-39-28)29(44)33(47)43-14-12-42(13-15-43)32(46)22-7-5-4-6-8-22/h4-8,19-21,39H,3,9-18H2,1-2H3,(H,36,45)(H3,35,37,38). The Morgan fingerprint density at radius 2 is 1.73 bits per heavy atom. The molecule has 1 aliphatic heterocycles. The average Bonchev–Trinajstić information content (AvgIpc) is 3.84. The van der Waals surface area contributed by atoms with Crippen LogP contribution < -0.4 is 21.1 Å². The minimum atomic E-state index is -0.719. The van der Waals surface area contributed by atoms with Crippen molar-refractivity contribution in [2.45, 2.75) is 6.92 Å². The van der Waals surface area contributed by atoms with Gasteiger partial charge in [-0.3, -0.25) is 24.2 Å². The van der Waals surface area contributed by atoms with Crippen LogP contribution in [0.3, 0.4) is 0 Å². The number of nitrogens with zero attached hydrogens (tertiary/aromatic N) is 5. The van der Waals surface area contributed by atoms with Crippen LogP contribution in [-0.4, -0.2) is 134 Å². The van der Waals surface area contributed by atoms with Gasteiger partial charge >= 0.3 is 0 Å². The Hall–Kier alpha value is -5.39. The first-order chi connectivity index (χ1) is 24.8. The topological polar surface area (TPSA) is 206 Å². The van der Waals surface area contributed by atoms with Crippen molar-refractivity contribution in [2.75, 3.05) is 79.4 Å². The van der Waals surface area contributed by atoms with Crippen LogP contribution in [0.15, 0.2) is 53.1 Å². The second kappa shape index (κ2) is 18.0. The quantitative estimate of drug-likeness (QED) is 0.0430. The number of carbonyl (C=O) groups is 4. The molecular weight excluding hydrogens is 678 g/mol. The fourth-order valence-corrected chi connectivity index (χ4v) is 6.08. The predicted molar refractivity (Wildman–Crippen MR) is 191 cm³/mol. The van der Waals surface area contributed by atoms with Crippen LogP contribution in [0.1, 0.15) is 37.4 Å². The van der Waals surface area contributed by atoms with Gasteiger partial charge in [0.1, 0.15) is 17.1 Å². The number of thiazole rings is 1. The Labute approximate surface area is 298 Å². The molecule has 1 aliphatic rings. The maximum Gasteiger partial charge on any atom is 0.295 e. The van der Waals surface area contributed by atoms with Crippen LogP contribution in [0.25, 0.3) is 22.3 Å². The van der Waals surface area contributed by atoms with Gasteiger partial charge in [-0.15, -0.1) is 11.3 Å². The van der Waals surface area contributed by atoms with E-state index in [9.17, 15) is 19.2 Å². The van der Waals surface area contributed by atoms with E-state index in [4.69, 9.17) is 19.9 Å². The molecule has 16 nitrogen and oxygen atoms in total. The van der Waals surface area contributed by atoms with Crippen LogP contribution >= 0.6 is 11.3 Å². The number of carbonyl (C=O) groups excluding carboxylic acids is 4. The molecule has 0 radical (unpaired) electrons. The van der Waals surface area contributed by atoms with Crippen LogP contribution in [0, 0.1) is 0 Å². The van der Waals surface area contributed by atoms with Gasteiger partial charge in [0.05, 0.1) is 56.1 Å². The van der Waals surface area contributed by atoms with Crippen LogP contribution in [-0.2, 0) is 14.3 Å². The number of ether oxygens (including phenoxy) is 3. The Balaban J connectivity index is 1.17. The summed E-state index contributed by atoms with van der Waals surface area (Å²) in [6.07, 6.45) is 2.90. The molecule has 270 valence electrons. The number of nitrogens with two attached hydrogens (primary N) is 1. The number of pyridine rings is 1. The van der Waals surface area contributed by atoms with Gasteiger partial charge in [0.25, 0.3) is 23.5 Å². The van der Waals surface area contributed by atoms with E-state index in [1.165, 1.54) is 24.4 Å². The van der Waals surface area contributed by atoms with Gasteiger partial charge in [-0.25, -0.2) is 9.97 Å². The zero-order valence-corrected chi connectivity index (χ0v) is 29.3. The number of benzene rings is 1. The first-order valence-electron chi connectivity index (χ1n) is 16.5. The van der Waals surface area contributed by atoms with E-state index in [-0.39, 0.29) is 48.0 Å². The number of aromatic nitrogens is 3. The zero-order chi connectivity index (χ0) is 36.2. The second-order valence-electron chi connectivity index (χ2n) is 11.2. The number of piperazine rings is 1. The number of ketones is 1. The minimum absolute atomic E-state index is 0.118. The number of fused-ring (bicyclic) bond motifs is 1. The highest BCUT2D eigenvalue weighted by molar-refractivity contribution is 7.12. The van der Waals surface area contributed by atoms with Crippen molar-refractivity contribution in [3.8, 4) is 17.1 Å². The second-order valence-corrected chi connectivity index (χ2v) is 12.1. The van der Waals surface area contributed by atoms with Crippen molar-refractivity contribution in [3.63, 3.8) is 0 Å². The predicted octanol–water partition coefficient (Wildman–Crippen LogP) is 1.55. The molecule has 5 N–H and O–H groups in total. The van der Waals surface area contributed by atoms with E-state index in [1.54, 1.807) is 34.5 Å². The molecule has 0 bridgehead atoms. The van der Waals surface area contributed by atoms with Gasteiger partial charge in [0, 0.05) is 63.0 Å². The molecule has 0 unspecified atom stereocenters. The number of aliphatic imine (C=N–C) groups is 1. The minimum Gasteiger partial charge on any atom is -0.494 e. The van der Waals surface area contributed by atoms with E-state index in [2.05, 4.69) is 30.6 Å². The lowest BCUT2D eigenvalue weighted by Gasteiger charge is -2.34. The monoisotopic (exact) mass is 719 g/mol. The van der Waals surface area contributed by atoms with Gasteiger partial charge in [0.15, 0.2) is 11.0 Å². The van der Waals surface area contributed by atoms with E-state index >= 15 is 0 Å². The Morgan fingerprint density at radius 3 is 2.47 bits per heavy atom. The van der Waals surface area contributed by atoms with Crippen LogP contribution in [0.4, 0.5) is 0 Å². The lowest BCUT2D eigenvalue weighted by atomic mass is 10.1. The van der Waals surface area contributed by atoms with Crippen LogP contribution in [0.2, 0.25) is 0 Å². The van der Waals surface area contributed by atoms with Crippen LogP contribution in [0.5, 0.6) is 5.75 Å². The molecule has 17 heteroatoms. The van der Waals surface area contributed by atoms with E-state index in [1.807, 2.05) is 13.0 Å². The number of amides is 3. The first-order valence-corrected chi connectivity index (χ1v) is 17.4. The van der Waals surface area contributed by atoms with Gasteiger partial charge in [-0.1, -0.05) is 18.2 Å². The molecule has 3 aromatic heterocycles. The lowest BCUT2D eigenvalue weighted by molar-refractivity contribution is -0.127. The number of Topliss-reactive ketones (excluding diaryl/α,β-unsaturated/α-hetero) is 1. The molecule has 0 saturated carbocycles. The summed E-state index contributed by atoms with van der Waals surface area (Å²) >= 11 is 1.14. The van der Waals surface area contributed by atoms with E-state index in [0.29, 0.717) is 86.2 Å². The number of hydrogen-bond donors (Lipinski definition) is 4. The van der Waals surface area contributed by atoms with Gasteiger partial charge in [0.2, 0.25) is 0 Å². The highest BCUT2D eigenvalue weighted by atomic mass is 32.1. The third-order valence-electron chi connectivity index (χ3n) is 7.96. The third-order valence-corrected chi connectivity index (χ3v) is 8.80. The molecule has 0 aliphatic carbocycles. The number of H-pyrrole nitrogens is 1. The summed E-state index contributed by atoms with van der Waals surface area (Å²) in [5.74, 6) is -1.36. The number of aromatic amines is 1. The smallest absolute Gasteiger partial charge is 0.295 e. The average molecular weight is 720 g/mol. The fraction of sp³-hybridized carbons (Fsp3) is 0.382. The van der Waals surface area contributed by atoms with Crippen molar-refractivity contribution < 1.29 is 33.4 Å². The van der Waals surface area contributed by atoms with Crippen molar-refractivity contribution in [2.24, 2.45) is 10.7 Å². The van der Waals surface area contributed by atoms with E-state index in [0.717, 1.165) is 11.3 Å². The SMILES string of the molecule is CCOCCOCCN=C(N)NCCNC(=O)c1nc(-c2ncc(OC)c3c(C(=O)C(=O)N4CCN(C(=O)c5ccccc5)CC4)c[nH]c23)cs1. The molecule has 5 rings (SSSR count). The summed E-state index contributed by atoms with van der Waals surface area (Å²) in [4.78, 5) is 72.0. The summed E-state index contributed by atoms with van der Waals surface area (Å²) in [5, 5.41) is 8.00. The lowest BCUT2D eigenvalue weighted by Crippen LogP contribution is -2.52. The van der Waals surface area contributed by atoms with Crippen molar-refractivity contribution in [3.05, 3.63) is 64.2 Å². The molecule has 0 spiro atoms. The summed E-state index contributed by atoms with van der Waals surface area (Å²) in [7, 11) is 1.45.